The van der Waals surface area contributed by atoms with Crippen LogP contribution in [0.1, 0.15) is 18.4 Å². The predicted molar refractivity (Wildman–Crippen MR) is 66.3 cm³/mol. The second-order valence-corrected chi connectivity index (χ2v) is 4.72. The van der Waals surface area contributed by atoms with Crippen molar-refractivity contribution in [3.05, 3.63) is 22.4 Å². The summed E-state index contributed by atoms with van der Waals surface area (Å²) in [4.78, 5) is 15.9. The highest BCUT2D eigenvalue weighted by atomic mass is 79.9. The van der Waals surface area contributed by atoms with Gasteiger partial charge in [0.2, 0.25) is 5.91 Å². The van der Waals surface area contributed by atoms with Crippen LogP contribution in [0.25, 0.3) is 0 Å². The zero-order chi connectivity index (χ0) is 11.5. The first-order valence-electron chi connectivity index (χ1n) is 5.33. The highest BCUT2D eigenvalue weighted by molar-refractivity contribution is 9.10. The molecular weight excluding hydrogens is 270 g/mol. The van der Waals surface area contributed by atoms with E-state index in [-0.39, 0.29) is 11.9 Å². The molecule has 2 rings (SSSR count). The molecule has 0 aromatic carbocycles. The van der Waals surface area contributed by atoms with Crippen molar-refractivity contribution in [1.29, 1.82) is 0 Å². The fraction of sp³-hybridized carbons (Fsp3) is 0.455. The van der Waals surface area contributed by atoms with Crippen molar-refractivity contribution in [3.8, 4) is 0 Å². The topological polar surface area (TPSA) is 54.0 Å². The number of nitrogens with zero attached hydrogens (tertiary/aromatic N) is 1. The van der Waals surface area contributed by atoms with Crippen LogP contribution in [0.4, 0.5) is 5.69 Å². The van der Waals surface area contributed by atoms with E-state index < -0.39 is 0 Å². The maximum atomic E-state index is 11.8. The van der Waals surface area contributed by atoms with Gasteiger partial charge in [0, 0.05) is 0 Å². The van der Waals surface area contributed by atoms with Crippen LogP contribution in [0.3, 0.4) is 0 Å². The minimum absolute atomic E-state index is 0.0287. The second kappa shape index (κ2) is 4.93. The molecule has 1 saturated heterocycles. The Labute approximate surface area is 103 Å². The van der Waals surface area contributed by atoms with Crippen molar-refractivity contribution in [2.24, 2.45) is 0 Å². The average molecular weight is 284 g/mol. The molecule has 0 unspecified atom stereocenters. The van der Waals surface area contributed by atoms with E-state index in [1.807, 2.05) is 13.0 Å². The lowest BCUT2D eigenvalue weighted by Crippen LogP contribution is -2.35. The second-order valence-electron chi connectivity index (χ2n) is 3.97. The van der Waals surface area contributed by atoms with Crippen LogP contribution in [0.2, 0.25) is 0 Å². The summed E-state index contributed by atoms with van der Waals surface area (Å²) in [7, 11) is 0. The van der Waals surface area contributed by atoms with E-state index in [9.17, 15) is 4.79 Å². The zero-order valence-corrected chi connectivity index (χ0v) is 10.7. The summed E-state index contributed by atoms with van der Waals surface area (Å²) in [6, 6.07) is 1.85. The van der Waals surface area contributed by atoms with Gasteiger partial charge < -0.3 is 10.6 Å². The van der Waals surface area contributed by atoms with E-state index in [1.165, 1.54) is 0 Å². The van der Waals surface area contributed by atoms with E-state index in [2.05, 4.69) is 31.5 Å². The van der Waals surface area contributed by atoms with Crippen LogP contribution in [0.5, 0.6) is 0 Å². The maximum Gasteiger partial charge on any atom is 0.241 e. The number of amides is 1. The molecule has 5 heteroatoms. The van der Waals surface area contributed by atoms with Crippen LogP contribution < -0.4 is 10.6 Å². The molecule has 2 heterocycles. The minimum Gasteiger partial charge on any atom is -0.323 e. The summed E-state index contributed by atoms with van der Waals surface area (Å²) in [5.74, 6) is 0.0287. The molecular formula is C11H14BrN3O. The summed E-state index contributed by atoms with van der Waals surface area (Å²) < 4.78 is 0.810. The smallest absolute Gasteiger partial charge is 0.241 e. The number of rotatable bonds is 2. The van der Waals surface area contributed by atoms with E-state index in [0.717, 1.165) is 35.2 Å². The summed E-state index contributed by atoms with van der Waals surface area (Å²) in [5.41, 5.74) is 1.76. The third-order valence-corrected chi connectivity index (χ3v) is 3.49. The molecule has 0 saturated carbocycles. The molecule has 1 aromatic rings. The largest absolute Gasteiger partial charge is 0.323 e. The third-order valence-electron chi connectivity index (χ3n) is 2.66. The molecule has 1 aliphatic rings. The number of carbonyl (C=O) groups excluding carboxylic acids is 1. The Morgan fingerprint density at radius 1 is 1.69 bits per heavy atom. The molecule has 0 bridgehead atoms. The fourth-order valence-electron chi connectivity index (χ4n) is 1.76. The number of hydrogen-bond acceptors (Lipinski definition) is 3. The SMILES string of the molecule is Cc1cc(NC(=O)[C@@H]2CCCN2)cnc1Br. The summed E-state index contributed by atoms with van der Waals surface area (Å²) >= 11 is 3.33. The van der Waals surface area contributed by atoms with Crippen LogP contribution in [0.15, 0.2) is 16.9 Å². The molecule has 2 N–H and O–H groups in total. The molecule has 16 heavy (non-hydrogen) atoms. The van der Waals surface area contributed by atoms with Gasteiger partial charge in [0.1, 0.15) is 4.60 Å². The van der Waals surface area contributed by atoms with Crippen LogP contribution in [-0.4, -0.2) is 23.5 Å². The quantitative estimate of drug-likeness (QED) is 0.815. The molecule has 1 aromatic heterocycles. The van der Waals surface area contributed by atoms with Gasteiger partial charge in [-0.1, -0.05) is 0 Å². The molecule has 4 nitrogen and oxygen atoms in total. The van der Waals surface area contributed by atoms with Gasteiger partial charge in [-0.25, -0.2) is 4.98 Å². The van der Waals surface area contributed by atoms with Crippen LogP contribution >= 0.6 is 15.9 Å². The normalized spacial score (nSPS) is 19.8. The van der Waals surface area contributed by atoms with Gasteiger partial charge in [-0.3, -0.25) is 4.79 Å². The zero-order valence-electron chi connectivity index (χ0n) is 9.09. The van der Waals surface area contributed by atoms with Crippen molar-refractivity contribution in [1.82, 2.24) is 10.3 Å². The third kappa shape index (κ3) is 2.59. The molecule has 86 valence electrons. The number of hydrogen-bond donors (Lipinski definition) is 2. The van der Waals surface area contributed by atoms with Gasteiger partial charge in [-0.2, -0.15) is 0 Å². The van der Waals surface area contributed by atoms with Gasteiger partial charge in [0.05, 0.1) is 17.9 Å². The number of halogens is 1. The van der Waals surface area contributed by atoms with Crippen molar-refractivity contribution in [3.63, 3.8) is 0 Å². The standard InChI is InChI=1S/C11H14BrN3O/c1-7-5-8(6-14-10(7)12)15-11(16)9-3-2-4-13-9/h5-6,9,13H,2-4H2,1H3,(H,15,16)/t9-/m0/s1. The van der Waals surface area contributed by atoms with Gasteiger partial charge in [-0.15, -0.1) is 0 Å². The van der Waals surface area contributed by atoms with Gasteiger partial charge in [0.15, 0.2) is 0 Å². The lowest BCUT2D eigenvalue weighted by Gasteiger charge is -2.11. The van der Waals surface area contributed by atoms with E-state index in [1.54, 1.807) is 6.20 Å². The minimum atomic E-state index is -0.0519. The maximum absolute atomic E-state index is 11.8. The molecule has 1 atom stereocenters. The Bertz CT molecular complexity index is 402. The van der Waals surface area contributed by atoms with Crippen molar-refractivity contribution < 1.29 is 4.79 Å². The van der Waals surface area contributed by atoms with E-state index >= 15 is 0 Å². The van der Waals surface area contributed by atoms with Crippen molar-refractivity contribution in [2.45, 2.75) is 25.8 Å². The van der Waals surface area contributed by atoms with Crippen LogP contribution in [0, 0.1) is 6.92 Å². The number of aryl methyl sites for hydroxylation is 1. The first-order chi connectivity index (χ1) is 7.66. The number of nitrogens with one attached hydrogen (secondary N) is 2. The Hall–Kier alpha value is -0.940. The summed E-state index contributed by atoms with van der Waals surface area (Å²) in [6.07, 6.45) is 3.63. The fourth-order valence-corrected chi connectivity index (χ4v) is 1.98. The lowest BCUT2D eigenvalue weighted by atomic mass is 10.2. The van der Waals surface area contributed by atoms with Crippen molar-refractivity contribution in [2.75, 3.05) is 11.9 Å². The molecule has 1 aliphatic heterocycles. The Morgan fingerprint density at radius 2 is 2.50 bits per heavy atom. The number of aromatic nitrogens is 1. The van der Waals surface area contributed by atoms with Crippen molar-refractivity contribution >= 4 is 27.5 Å². The van der Waals surface area contributed by atoms with E-state index in [0.29, 0.717) is 0 Å². The summed E-state index contributed by atoms with van der Waals surface area (Å²) in [5, 5.41) is 6.03. The first kappa shape index (κ1) is 11.5. The number of anilines is 1. The van der Waals surface area contributed by atoms with Gasteiger partial charge >= 0.3 is 0 Å². The predicted octanol–water partition coefficient (Wildman–Crippen LogP) is 1.84. The van der Waals surface area contributed by atoms with Gasteiger partial charge in [-0.05, 0) is 53.9 Å². The number of carbonyl (C=O) groups is 1. The molecule has 0 aliphatic carbocycles. The Morgan fingerprint density at radius 3 is 3.12 bits per heavy atom. The molecule has 0 radical (unpaired) electrons. The van der Waals surface area contributed by atoms with Crippen LogP contribution in [-0.2, 0) is 4.79 Å². The molecule has 1 amide bonds. The Kier molecular flexibility index (Phi) is 3.56. The van der Waals surface area contributed by atoms with Gasteiger partial charge in [0.25, 0.3) is 0 Å². The lowest BCUT2D eigenvalue weighted by molar-refractivity contribution is -0.117. The summed E-state index contributed by atoms with van der Waals surface area (Å²) in [6.45, 7) is 2.87. The van der Waals surface area contributed by atoms with E-state index in [4.69, 9.17) is 0 Å². The highest BCUT2D eigenvalue weighted by Crippen LogP contribution is 2.17. The first-order valence-corrected chi connectivity index (χ1v) is 6.12. The Balaban J connectivity index is 2.02. The highest BCUT2D eigenvalue weighted by Gasteiger charge is 2.21. The number of pyridine rings is 1. The molecule has 1 fully saturated rings. The monoisotopic (exact) mass is 283 g/mol. The average Bonchev–Trinajstić information content (AvgIpc) is 2.77. The molecule has 0 spiro atoms.